The zero-order chi connectivity index (χ0) is 21.9. The van der Waals surface area contributed by atoms with Gasteiger partial charge in [-0.15, -0.1) is 0 Å². The average Bonchev–Trinajstić information content (AvgIpc) is 2.93. The van der Waals surface area contributed by atoms with Gasteiger partial charge in [0.25, 0.3) is 0 Å². The Morgan fingerprint density at radius 1 is 1.34 bits per heavy atom. The van der Waals surface area contributed by atoms with Crippen LogP contribution in [-0.4, -0.2) is 28.9 Å². The minimum Gasteiger partial charge on any atom is -0.871 e. The van der Waals surface area contributed by atoms with Crippen LogP contribution in [0.4, 0.5) is 0 Å². The van der Waals surface area contributed by atoms with Gasteiger partial charge in [0, 0.05) is 11.4 Å². The molecule has 1 fully saturated rings. The van der Waals surface area contributed by atoms with Gasteiger partial charge in [-0.25, -0.2) is 0 Å². The number of phenolic OH excluding ortho intramolecular Hbond substituents is 1. The second-order valence-electron chi connectivity index (χ2n) is 8.11. The number of benzene rings is 1. The number of ether oxygens (including phenoxy) is 1. The number of rotatable bonds is 7. The number of allylic oxidation sites excluding steroid dienone is 3. The van der Waals surface area contributed by atoms with Gasteiger partial charge in [0.2, 0.25) is 0 Å². The molecule has 1 aromatic carbocycles. The molecule has 1 aliphatic heterocycles. The molecule has 1 atom stereocenters. The first-order chi connectivity index (χ1) is 13.5. The Hall–Kier alpha value is -2.11. The van der Waals surface area contributed by atoms with E-state index in [1.54, 1.807) is 13.8 Å². The van der Waals surface area contributed by atoms with E-state index in [1.807, 2.05) is 19.9 Å². The normalized spacial score (nSPS) is 19.7. The monoisotopic (exact) mass is 419 g/mol. The second kappa shape index (κ2) is 9.14. The number of hydrogen-bond acceptors (Lipinski definition) is 5. The third-order valence-electron chi connectivity index (χ3n) is 5.51. The first kappa shape index (κ1) is 23.2. The molecule has 0 radical (unpaired) electrons. The van der Waals surface area contributed by atoms with Crippen LogP contribution in [0.5, 0.6) is 11.5 Å². The maximum absolute atomic E-state index is 12.3. The van der Waals surface area contributed by atoms with E-state index in [-0.39, 0.29) is 40.2 Å². The molecule has 1 aliphatic rings. The van der Waals surface area contributed by atoms with Crippen LogP contribution in [0.2, 0.25) is 5.02 Å². The fourth-order valence-corrected chi connectivity index (χ4v) is 3.59. The standard InChI is InChI=1S/C23H29ClO5/c1-13(7-6-8-14(2)18-11-19(26)23(4,5)29-18)9-10-16-21(27)17(12-25)15(3)20(24)22(16)28/h8-9,12,18,27-28H,6-7,10-11H2,1-5H3/p-1/b13-9+,14-8+/t18-/m0/s1. The van der Waals surface area contributed by atoms with E-state index in [0.717, 1.165) is 24.0 Å². The Morgan fingerprint density at radius 2 is 2.00 bits per heavy atom. The summed E-state index contributed by atoms with van der Waals surface area (Å²) in [7, 11) is 0. The molecule has 1 aromatic rings. The van der Waals surface area contributed by atoms with E-state index >= 15 is 0 Å². The lowest BCUT2D eigenvalue weighted by Gasteiger charge is -2.20. The molecule has 1 saturated heterocycles. The van der Waals surface area contributed by atoms with Crippen LogP contribution >= 0.6 is 11.6 Å². The van der Waals surface area contributed by atoms with Crippen LogP contribution in [0.25, 0.3) is 0 Å². The predicted octanol–water partition coefficient (Wildman–Crippen LogP) is 4.59. The summed E-state index contributed by atoms with van der Waals surface area (Å²) in [6.45, 7) is 9.04. The quantitative estimate of drug-likeness (QED) is 0.515. The van der Waals surface area contributed by atoms with Gasteiger partial charge in [-0.1, -0.05) is 35.1 Å². The van der Waals surface area contributed by atoms with Crippen molar-refractivity contribution < 1.29 is 24.5 Å². The lowest BCUT2D eigenvalue weighted by Crippen LogP contribution is -2.27. The number of hydrogen-bond donors (Lipinski definition) is 1. The number of Topliss-reactive ketones (excluding diaryl/α,β-unsaturated/α-hetero) is 1. The molecule has 0 aliphatic carbocycles. The maximum atomic E-state index is 12.3. The zero-order valence-electron chi connectivity index (χ0n) is 17.6. The summed E-state index contributed by atoms with van der Waals surface area (Å²) >= 11 is 6.02. The first-order valence-electron chi connectivity index (χ1n) is 9.69. The van der Waals surface area contributed by atoms with Crippen LogP contribution in [-0.2, 0) is 16.0 Å². The van der Waals surface area contributed by atoms with E-state index in [0.29, 0.717) is 18.3 Å². The molecular formula is C23H28ClO5-. The summed E-state index contributed by atoms with van der Waals surface area (Å²) in [4.78, 5) is 23.1. The highest BCUT2D eigenvalue weighted by molar-refractivity contribution is 6.33. The van der Waals surface area contributed by atoms with Gasteiger partial charge in [0.1, 0.15) is 11.4 Å². The van der Waals surface area contributed by atoms with Crippen LogP contribution in [0, 0.1) is 6.92 Å². The smallest absolute Gasteiger partial charge is 0.167 e. The van der Waals surface area contributed by atoms with Crippen molar-refractivity contribution in [2.75, 3.05) is 0 Å². The lowest BCUT2D eigenvalue weighted by atomic mass is 9.98. The number of ketones is 1. The van der Waals surface area contributed by atoms with Crippen molar-refractivity contribution in [2.45, 2.75) is 72.0 Å². The van der Waals surface area contributed by atoms with Gasteiger partial charge in [-0.3, -0.25) is 9.59 Å². The third kappa shape index (κ3) is 5.09. The second-order valence-corrected chi connectivity index (χ2v) is 8.49. The Bertz CT molecular complexity index is 880. The Morgan fingerprint density at radius 3 is 2.55 bits per heavy atom. The number of phenols is 1. The highest BCUT2D eigenvalue weighted by Crippen LogP contribution is 2.38. The molecule has 0 amide bonds. The van der Waals surface area contributed by atoms with Gasteiger partial charge in [-0.2, -0.15) is 0 Å². The number of aromatic hydroxyl groups is 1. The molecule has 2 rings (SSSR count). The molecule has 29 heavy (non-hydrogen) atoms. The summed E-state index contributed by atoms with van der Waals surface area (Å²) in [5.41, 5.74) is 1.85. The van der Waals surface area contributed by atoms with Gasteiger partial charge < -0.3 is 14.9 Å². The topological polar surface area (TPSA) is 86.7 Å². The van der Waals surface area contributed by atoms with E-state index in [4.69, 9.17) is 16.3 Å². The largest absolute Gasteiger partial charge is 0.871 e. The fraction of sp³-hybridized carbons (Fsp3) is 0.478. The van der Waals surface area contributed by atoms with E-state index in [1.165, 1.54) is 6.92 Å². The molecule has 0 saturated carbocycles. The maximum Gasteiger partial charge on any atom is 0.167 e. The van der Waals surface area contributed by atoms with Crippen LogP contribution < -0.4 is 5.11 Å². The van der Waals surface area contributed by atoms with Crippen molar-refractivity contribution in [3.63, 3.8) is 0 Å². The summed E-state index contributed by atoms with van der Waals surface area (Å²) in [5.74, 6) is -0.624. The van der Waals surface area contributed by atoms with E-state index in [9.17, 15) is 19.8 Å². The van der Waals surface area contributed by atoms with E-state index < -0.39 is 11.4 Å². The van der Waals surface area contributed by atoms with Crippen molar-refractivity contribution in [1.29, 1.82) is 0 Å². The molecule has 0 unspecified atom stereocenters. The summed E-state index contributed by atoms with van der Waals surface area (Å²) in [6, 6.07) is 0. The van der Waals surface area contributed by atoms with Gasteiger partial charge >= 0.3 is 0 Å². The summed E-state index contributed by atoms with van der Waals surface area (Å²) < 4.78 is 5.82. The zero-order valence-corrected chi connectivity index (χ0v) is 18.4. The highest BCUT2D eigenvalue weighted by Gasteiger charge is 2.40. The molecule has 5 nitrogen and oxygen atoms in total. The van der Waals surface area contributed by atoms with Crippen LogP contribution in [0.3, 0.4) is 0 Å². The summed E-state index contributed by atoms with van der Waals surface area (Å²) in [5, 5.41) is 22.6. The Balaban J connectivity index is 2.02. The molecule has 1 heterocycles. The molecule has 6 heteroatoms. The van der Waals surface area contributed by atoms with Crippen molar-refractivity contribution in [3.05, 3.63) is 45.0 Å². The molecule has 0 bridgehead atoms. The molecule has 1 N–H and O–H groups in total. The molecular weight excluding hydrogens is 392 g/mol. The van der Waals surface area contributed by atoms with Gasteiger partial charge in [0.05, 0.1) is 11.7 Å². The molecule has 158 valence electrons. The van der Waals surface area contributed by atoms with Crippen molar-refractivity contribution in [3.8, 4) is 11.5 Å². The minimum absolute atomic E-state index is 0.0291. The average molecular weight is 420 g/mol. The van der Waals surface area contributed by atoms with Crippen molar-refractivity contribution in [2.24, 2.45) is 0 Å². The van der Waals surface area contributed by atoms with Crippen LogP contribution in [0.1, 0.15) is 68.4 Å². The van der Waals surface area contributed by atoms with Gasteiger partial charge in [0.15, 0.2) is 12.1 Å². The molecule has 0 aromatic heterocycles. The van der Waals surface area contributed by atoms with Gasteiger partial charge in [-0.05, 0) is 70.6 Å². The lowest BCUT2D eigenvalue weighted by molar-refractivity contribution is -0.269. The predicted molar refractivity (Wildman–Crippen MR) is 112 cm³/mol. The SMILES string of the molecule is C/C(=C\Cc1c([O-])c(Cl)c(C)c(C=O)c1O)CC/C=C(\C)[C@@H]1CC(=O)C(C)(C)O1. The fourth-order valence-electron chi connectivity index (χ4n) is 3.37. The third-order valence-corrected chi connectivity index (χ3v) is 5.97. The first-order valence-corrected chi connectivity index (χ1v) is 10.1. The van der Waals surface area contributed by atoms with Crippen molar-refractivity contribution in [1.82, 2.24) is 0 Å². The Kier molecular flexibility index (Phi) is 7.30. The number of aldehydes is 1. The molecule has 0 spiro atoms. The Labute approximate surface area is 177 Å². The highest BCUT2D eigenvalue weighted by atomic mass is 35.5. The minimum atomic E-state index is -0.719. The number of carbonyl (C=O) groups is 2. The van der Waals surface area contributed by atoms with E-state index in [2.05, 4.69) is 6.08 Å². The van der Waals surface area contributed by atoms with Crippen LogP contribution in [0.15, 0.2) is 23.3 Å². The van der Waals surface area contributed by atoms with Crippen molar-refractivity contribution >= 4 is 23.7 Å². The number of carbonyl (C=O) groups excluding carboxylic acids is 2. The number of halogens is 1. The summed E-state index contributed by atoms with van der Waals surface area (Å²) in [6.07, 6.45) is 6.42.